The Balaban J connectivity index is 2.90. The molecule has 0 saturated heterocycles. The molecule has 94 valence electrons. The third-order valence-corrected chi connectivity index (χ3v) is 2.30. The number of aromatic nitrogens is 1. The molecule has 1 rings (SSSR count). The van der Waals surface area contributed by atoms with Crippen LogP contribution in [0.5, 0.6) is 0 Å². The molecule has 1 amide bonds. The standard InChI is InChI=1S/C11H16FN3O2/c1-13-10-9(6-8(12)7-14-10)11(16)15(2)4-5-17-3/h6-7H,4-5H2,1-3H3,(H,13,14). The molecular formula is C11H16FN3O2. The van der Waals surface area contributed by atoms with Crippen LogP contribution >= 0.6 is 0 Å². The number of anilines is 1. The van der Waals surface area contributed by atoms with Crippen LogP contribution in [0.2, 0.25) is 0 Å². The predicted molar refractivity (Wildman–Crippen MR) is 62.6 cm³/mol. The molecule has 0 aliphatic heterocycles. The smallest absolute Gasteiger partial charge is 0.257 e. The zero-order valence-electron chi connectivity index (χ0n) is 10.2. The SMILES string of the molecule is CNc1ncc(F)cc1C(=O)N(C)CCOC. The van der Waals surface area contributed by atoms with Crippen molar-refractivity contribution in [3.8, 4) is 0 Å². The molecule has 0 atom stereocenters. The second-order valence-electron chi connectivity index (χ2n) is 3.52. The molecule has 0 unspecified atom stereocenters. The summed E-state index contributed by atoms with van der Waals surface area (Å²) < 4.78 is 18.0. The van der Waals surface area contributed by atoms with Crippen molar-refractivity contribution >= 4 is 11.7 Å². The van der Waals surface area contributed by atoms with Gasteiger partial charge in [-0.25, -0.2) is 9.37 Å². The lowest BCUT2D eigenvalue weighted by Gasteiger charge is -2.18. The number of carbonyl (C=O) groups is 1. The fourth-order valence-corrected chi connectivity index (χ4v) is 1.34. The minimum atomic E-state index is -0.535. The molecule has 1 N–H and O–H groups in total. The van der Waals surface area contributed by atoms with Gasteiger partial charge >= 0.3 is 0 Å². The van der Waals surface area contributed by atoms with Gasteiger partial charge in [0.15, 0.2) is 0 Å². The second kappa shape index (κ2) is 6.15. The molecule has 0 radical (unpaired) electrons. The van der Waals surface area contributed by atoms with E-state index in [0.29, 0.717) is 19.0 Å². The third kappa shape index (κ3) is 3.39. The largest absolute Gasteiger partial charge is 0.383 e. The molecule has 1 aromatic rings. The molecule has 6 heteroatoms. The van der Waals surface area contributed by atoms with Crippen molar-refractivity contribution in [2.75, 3.05) is 39.7 Å². The van der Waals surface area contributed by atoms with Crippen LogP contribution in [0.4, 0.5) is 10.2 Å². The first-order valence-electron chi connectivity index (χ1n) is 5.17. The van der Waals surface area contributed by atoms with Gasteiger partial charge in [-0.1, -0.05) is 0 Å². The van der Waals surface area contributed by atoms with Crippen molar-refractivity contribution in [1.29, 1.82) is 0 Å². The minimum Gasteiger partial charge on any atom is -0.383 e. The summed E-state index contributed by atoms with van der Waals surface area (Å²) in [4.78, 5) is 17.3. The second-order valence-corrected chi connectivity index (χ2v) is 3.52. The molecule has 5 nitrogen and oxygen atoms in total. The highest BCUT2D eigenvalue weighted by Gasteiger charge is 2.17. The highest BCUT2D eigenvalue weighted by Crippen LogP contribution is 2.14. The zero-order valence-corrected chi connectivity index (χ0v) is 10.2. The van der Waals surface area contributed by atoms with E-state index in [9.17, 15) is 9.18 Å². The fraction of sp³-hybridized carbons (Fsp3) is 0.455. The molecule has 0 aliphatic rings. The molecule has 17 heavy (non-hydrogen) atoms. The Bertz CT molecular complexity index is 398. The van der Waals surface area contributed by atoms with Crippen LogP contribution in [0.1, 0.15) is 10.4 Å². The van der Waals surface area contributed by atoms with Crippen LogP contribution in [0.3, 0.4) is 0 Å². The van der Waals surface area contributed by atoms with Crippen LogP contribution in [-0.4, -0.2) is 50.1 Å². The summed E-state index contributed by atoms with van der Waals surface area (Å²) in [6.45, 7) is 0.870. The molecule has 0 saturated carbocycles. The van der Waals surface area contributed by atoms with Crippen LogP contribution in [0.25, 0.3) is 0 Å². The number of methoxy groups -OCH3 is 1. The van der Waals surface area contributed by atoms with Gasteiger partial charge in [-0.2, -0.15) is 0 Å². The maximum atomic E-state index is 13.1. The van der Waals surface area contributed by atoms with Crippen LogP contribution in [0.15, 0.2) is 12.3 Å². The Labute approximate surface area is 99.6 Å². The topological polar surface area (TPSA) is 54.5 Å². The van der Waals surface area contributed by atoms with Gasteiger partial charge in [0.25, 0.3) is 5.91 Å². The van der Waals surface area contributed by atoms with E-state index in [2.05, 4.69) is 10.3 Å². The van der Waals surface area contributed by atoms with Gasteiger partial charge in [-0.3, -0.25) is 4.79 Å². The third-order valence-electron chi connectivity index (χ3n) is 2.30. The van der Waals surface area contributed by atoms with Gasteiger partial charge in [-0.05, 0) is 6.07 Å². The van der Waals surface area contributed by atoms with E-state index in [1.807, 2.05) is 0 Å². The van der Waals surface area contributed by atoms with Crippen molar-refractivity contribution in [3.63, 3.8) is 0 Å². The molecular weight excluding hydrogens is 225 g/mol. The number of rotatable bonds is 5. The molecule has 1 heterocycles. The molecule has 0 bridgehead atoms. The quantitative estimate of drug-likeness (QED) is 0.835. The zero-order chi connectivity index (χ0) is 12.8. The number of amides is 1. The van der Waals surface area contributed by atoms with Crippen LogP contribution in [0, 0.1) is 5.82 Å². The summed E-state index contributed by atoms with van der Waals surface area (Å²) in [6.07, 6.45) is 1.07. The summed E-state index contributed by atoms with van der Waals surface area (Å²) in [5.74, 6) is -0.466. The number of ether oxygens (including phenoxy) is 1. The molecule has 0 fully saturated rings. The van der Waals surface area contributed by atoms with E-state index in [0.717, 1.165) is 6.20 Å². The number of nitrogens with one attached hydrogen (secondary N) is 1. The number of pyridine rings is 1. The minimum absolute atomic E-state index is 0.214. The van der Waals surface area contributed by atoms with Gasteiger partial charge in [0.2, 0.25) is 0 Å². The van der Waals surface area contributed by atoms with Crippen molar-refractivity contribution in [1.82, 2.24) is 9.88 Å². The fourth-order valence-electron chi connectivity index (χ4n) is 1.34. The number of likely N-dealkylation sites (N-methyl/N-ethyl adjacent to an activating group) is 1. The highest BCUT2D eigenvalue weighted by atomic mass is 19.1. The Morgan fingerprint density at radius 1 is 1.65 bits per heavy atom. The lowest BCUT2D eigenvalue weighted by atomic mass is 10.2. The summed E-state index contributed by atoms with van der Waals surface area (Å²) in [5, 5.41) is 2.76. The van der Waals surface area contributed by atoms with E-state index in [1.165, 1.54) is 11.0 Å². The Morgan fingerprint density at radius 2 is 2.35 bits per heavy atom. The maximum absolute atomic E-state index is 13.1. The van der Waals surface area contributed by atoms with Crippen molar-refractivity contribution in [2.24, 2.45) is 0 Å². The number of carbonyl (C=O) groups excluding carboxylic acids is 1. The monoisotopic (exact) mass is 241 g/mol. The predicted octanol–water partition coefficient (Wildman–Crippen LogP) is 0.981. The first-order valence-corrected chi connectivity index (χ1v) is 5.17. The molecule has 1 aromatic heterocycles. The number of halogens is 1. The van der Waals surface area contributed by atoms with Gasteiger partial charge in [-0.15, -0.1) is 0 Å². The van der Waals surface area contributed by atoms with Gasteiger partial charge < -0.3 is 15.0 Å². The first-order chi connectivity index (χ1) is 8.10. The number of nitrogens with zero attached hydrogens (tertiary/aromatic N) is 2. The lowest BCUT2D eigenvalue weighted by molar-refractivity contribution is 0.0744. The average molecular weight is 241 g/mol. The van der Waals surface area contributed by atoms with E-state index in [-0.39, 0.29) is 11.5 Å². The Kier molecular flexibility index (Phi) is 4.84. The number of hydrogen-bond acceptors (Lipinski definition) is 4. The van der Waals surface area contributed by atoms with E-state index in [4.69, 9.17) is 4.74 Å². The van der Waals surface area contributed by atoms with E-state index in [1.54, 1.807) is 21.2 Å². The van der Waals surface area contributed by atoms with Gasteiger partial charge in [0.05, 0.1) is 18.4 Å². The lowest BCUT2D eigenvalue weighted by Crippen LogP contribution is -2.30. The molecule has 0 spiro atoms. The molecule has 0 aromatic carbocycles. The van der Waals surface area contributed by atoms with E-state index < -0.39 is 5.82 Å². The van der Waals surface area contributed by atoms with Gasteiger partial charge in [0, 0.05) is 27.7 Å². The van der Waals surface area contributed by atoms with E-state index >= 15 is 0 Å². The van der Waals surface area contributed by atoms with Crippen molar-refractivity contribution in [3.05, 3.63) is 23.6 Å². The summed E-state index contributed by atoms with van der Waals surface area (Å²) in [6, 6.07) is 1.17. The Morgan fingerprint density at radius 3 is 2.94 bits per heavy atom. The first kappa shape index (κ1) is 13.4. The maximum Gasteiger partial charge on any atom is 0.257 e. The van der Waals surface area contributed by atoms with Crippen LogP contribution < -0.4 is 5.32 Å². The number of hydrogen-bond donors (Lipinski definition) is 1. The summed E-state index contributed by atoms with van der Waals surface area (Å²) in [7, 11) is 4.82. The normalized spacial score (nSPS) is 10.1. The summed E-state index contributed by atoms with van der Waals surface area (Å²) >= 11 is 0. The van der Waals surface area contributed by atoms with Crippen molar-refractivity contribution in [2.45, 2.75) is 0 Å². The molecule has 0 aliphatic carbocycles. The van der Waals surface area contributed by atoms with Gasteiger partial charge in [0.1, 0.15) is 11.6 Å². The van der Waals surface area contributed by atoms with Crippen LogP contribution in [-0.2, 0) is 4.74 Å². The Hall–Kier alpha value is -1.69. The highest BCUT2D eigenvalue weighted by molar-refractivity contribution is 5.98. The average Bonchev–Trinajstić information content (AvgIpc) is 2.34. The summed E-state index contributed by atoms with van der Waals surface area (Å²) in [5.41, 5.74) is 0.214. The van der Waals surface area contributed by atoms with Crippen molar-refractivity contribution < 1.29 is 13.9 Å².